The molecule has 1 aliphatic rings. The SMILES string of the molecule is CCCCCCc1ccc(C2(c3ccc(CCCCCC)cc3)c3cc(N(c4ccccc4)c4ccccc4)ccc3-c3c2cc(OC)c2ccccc32)cc1. The van der Waals surface area contributed by atoms with E-state index >= 15 is 0 Å². The summed E-state index contributed by atoms with van der Waals surface area (Å²) >= 11 is 0. The van der Waals surface area contributed by atoms with Gasteiger partial charge in [0.05, 0.1) is 12.5 Å². The molecule has 8 rings (SSSR count). The minimum atomic E-state index is -0.585. The Bertz CT molecular complexity index is 2270. The average molecular weight is 734 g/mol. The fourth-order valence-electron chi connectivity index (χ4n) is 9.19. The van der Waals surface area contributed by atoms with Crippen molar-refractivity contribution in [2.45, 2.75) is 83.5 Å². The quantitative estimate of drug-likeness (QED) is 0.0917. The van der Waals surface area contributed by atoms with E-state index in [4.69, 9.17) is 4.74 Å². The Morgan fingerprint density at radius 2 is 0.982 bits per heavy atom. The van der Waals surface area contributed by atoms with Gasteiger partial charge in [0.1, 0.15) is 5.75 Å². The van der Waals surface area contributed by atoms with E-state index in [0.717, 1.165) is 41.0 Å². The van der Waals surface area contributed by atoms with E-state index in [1.165, 1.54) is 101 Å². The molecule has 7 aromatic rings. The second-order valence-corrected chi connectivity index (χ2v) is 15.5. The van der Waals surface area contributed by atoms with Crippen molar-refractivity contribution in [3.05, 3.63) is 191 Å². The van der Waals surface area contributed by atoms with Crippen LogP contribution in [0.1, 0.15) is 98.6 Å². The molecular formula is C54H55NO. The Labute approximate surface area is 334 Å². The molecule has 0 bridgehead atoms. The highest BCUT2D eigenvalue weighted by Gasteiger charge is 2.47. The van der Waals surface area contributed by atoms with Gasteiger partial charge in [-0.3, -0.25) is 0 Å². The van der Waals surface area contributed by atoms with Crippen LogP contribution in [0.3, 0.4) is 0 Å². The van der Waals surface area contributed by atoms with Gasteiger partial charge in [-0.2, -0.15) is 0 Å². The first kappa shape index (κ1) is 37.3. The largest absolute Gasteiger partial charge is 0.496 e. The summed E-state index contributed by atoms with van der Waals surface area (Å²) < 4.78 is 6.25. The predicted octanol–water partition coefficient (Wildman–Crippen LogP) is 14.9. The molecular weight excluding hydrogens is 679 g/mol. The Morgan fingerprint density at radius 3 is 1.50 bits per heavy atom. The zero-order valence-corrected chi connectivity index (χ0v) is 33.4. The summed E-state index contributed by atoms with van der Waals surface area (Å²) in [6, 6.07) is 59.1. The summed E-state index contributed by atoms with van der Waals surface area (Å²) in [5, 5.41) is 2.36. The molecule has 7 aromatic carbocycles. The van der Waals surface area contributed by atoms with Crippen LogP contribution >= 0.6 is 0 Å². The van der Waals surface area contributed by atoms with Crippen molar-refractivity contribution in [3.63, 3.8) is 0 Å². The third kappa shape index (κ3) is 7.03. The van der Waals surface area contributed by atoms with Crippen LogP contribution in [0.25, 0.3) is 21.9 Å². The zero-order chi connectivity index (χ0) is 38.3. The number of unbranched alkanes of at least 4 members (excludes halogenated alkanes) is 6. The van der Waals surface area contributed by atoms with Crippen LogP contribution in [0.4, 0.5) is 17.1 Å². The van der Waals surface area contributed by atoms with Crippen molar-refractivity contribution in [2.24, 2.45) is 0 Å². The first-order chi connectivity index (χ1) is 27.7. The number of anilines is 3. The van der Waals surface area contributed by atoms with Crippen molar-refractivity contribution in [1.29, 1.82) is 0 Å². The Morgan fingerprint density at radius 1 is 0.464 bits per heavy atom. The molecule has 0 N–H and O–H groups in total. The van der Waals surface area contributed by atoms with Crippen molar-refractivity contribution in [1.82, 2.24) is 0 Å². The Hall–Kier alpha value is -5.60. The first-order valence-electron chi connectivity index (χ1n) is 21.0. The minimum Gasteiger partial charge on any atom is -0.496 e. The molecule has 0 unspecified atom stereocenters. The lowest BCUT2D eigenvalue weighted by Gasteiger charge is -2.35. The van der Waals surface area contributed by atoms with Gasteiger partial charge < -0.3 is 9.64 Å². The summed E-state index contributed by atoms with van der Waals surface area (Å²) in [4.78, 5) is 2.39. The highest BCUT2D eigenvalue weighted by molar-refractivity contribution is 6.07. The summed E-state index contributed by atoms with van der Waals surface area (Å²) in [5.74, 6) is 0.909. The van der Waals surface area contributed by atoms with Gasteiger partial charge in [-0.05, 0) is 118 Å². The number of hydrogen-bond acceptors (Lipinski definition) is 2. The van der Waals surface area contributed by atoms with E-state index in [1.807, 2.05) is 7.11 Å². The molecule has 282 valence electrons. The topological polar surface area (TPSA) is 12.5 Å². The first-order valence-corrected chi connectivity index (χ1v) is 21.0. The van der Waals surface area contributed by atoms with Crippen LogP contribution in [-0.4, -0.2) is 7.11 Å². The van der Waals surface area contributed by atoms with E-state index in [-0.39, 0.29) is 0 Å². The van der Waals surface area contributed by atoms with Gasteiger partial charge >= 0.3 is 0 Å². The molecule has 0 aromatic heterocycles. The van der Waals surface area contributed by atoms with Crippen molar-refractivity contribution in [2.75, 3.05) is 12.0 Å². The number of methoxy groups -OCH3 is 1. The van der Waals surface area contributed by atoms with Gasteiger partial charge in [-0.15, -0.1) is 0 Å². The molecule has 0 saturated carbocycles. The Balaban J connectivity index is 1.39. The molecule has 56 heavy (non-hydrogen) atoms. The molecule has 0 amide bonds. The zero-order valence-electron chi connectivity index (χ0n) is 33.4. The van der Waals surface area contributed by atoms with Crippen molar-refractivity contribution < 1.29 is 4.74 Å². The van der Waals surface area contributed by atoms with Crippen LogP contribution in [-0.2, 0) is 18.3 Å². The molecule has 0 heterocycles. The van der Waals surface area contributed by atoms with Crippen LogP contribution in [0, 0.1) is 0 Å². The number of hydrogen-bond donors (Lipinski definition) is 0. The van der Waals surface area contributed by atoms with Gasteiger partial charge in [-0.1, -0.05) is 168 Å². The number of para-hydroxylation sites is 2. The summed E-state index contributed by atoms with van der Waals surface area (Å²) in [6.45, 7) is 4.57. The lowest BCUT2D eigenvalue weighted by Crippen LogP contribution is -2.29. The molecule has 0 atom stereocenters. The third-order valence-electron chi connectivity index (χ3n) is 12.0. The van der Waals surface area contributed by atoms with Crippen molar-refractivity contribution >= 4 is 27.8 Å². The smallest absolute Gasteiger partial charge is 0.127 e. The van der Waals surface area contributed by atoms with E-state index in [2.05, 4.69) is 176 Å². The number of rotatable bonds is 16. The fraction of sp³-hybridized carbons (Fsp3) is 0.259. The predicted molar refractivity (Wildman–Crippen MR) is 238 cm³/mol. The van der Waals surface area contributed by atoms with E-state index in [9.17, 15) is 0 Å². The van der Waals surface area contributed by atoms with E-state index in [0.29, 0.717) is 0 Å². The van der Waals surface area contributed by atoms with Gasteiger partial charge in [0, 0.05) is 22.4 Å². The fourth-order valence-corrected chi connectivity index (χ4v) is 9.19. The van der Waals surface area contributed by atoms with Crippen LogP contribution in [0.5, 0.6) is 5.75 Å². The summed E-state index contributed by atoms with van der Waals surface area (Å²) in [6.07, 6.45) is 12.3. The van der Waals surface area contributed by atoms with E-state index < -0.39 is 5.41 Å². The van der Waals surface area contributed by atoms with Crippen LogP contribution in [0.15, 0.2) is 158 Å². The van der Waals surface area contributed by atoms with Crippen LogP contribution < -0.4 is 9.64 Å². The molecule has 0 spiro atoms. The van der Waals surface area contributed by atoms with Crippen molar-refractivity contribution in [3.8, 4) is 16.9 Å². The standard InChI is InChI=1S/C54H55NO/c1-4-6-8-12-20-40-28-32-42(33-29-40)54(43-34-30-41(31-35-43)21-13-9-7-5-2)50-38-46(55(44-22-14-10-15-23-44)45-24-16-11-17-25-45)36-37-49(50)53-48-27-19-18-26-47(48)52(56-3)39-51(53)54/h10-11,14-19,22-39H,4-9,12-13,20-21H2,1-3H3. The van der Waals surface area contributed by atoms with Gasteiger partial charge in [0.15, 0.2) is 0 Å². The van der Waals surface area contributed by atoms with Gasteiger partial charge in [0.2, 0.25) is 0 Å². The lowest BCUT2D eigenvalue weighted by molar-refractivity contribution is 0.419. The molecule has 2 nitrogen and oxygen atoms in total. The van der Waals surface area contributed by atoms with Gasteiger partial charge in [0.25, 0.3) is 0 Å². The molecule has 0 saturated heterocycles. The average Bonchev–Trinajstić information content (AvgIpc) is 3.55. The number of fused-ring (bicyclic) bond motifs is 5. The Kier molecular flexibility index (Phi) is 11.4. The van der Waals surface area contributed by atoms with Gasteiger partial charge in [-0.25, -0.2) is 0 Å². The number of nitrogens with zero attached hydrogens (tertiary/aromatic N) is 1. The monoisotopic (exact) mass is 733 g/mol. The number of ether oxygens (including phenoxy) is 1. The normalized spacial score (nSPS) is 12.7. The minimum absolute atomic E-state index is 0.585. The third-order valence-corrected chi connectivity index (χ3v) is 12.0. The number of benzene rings is 7. The summed E-state index contributed by atoms with van der Waals surface area (Å²) in [7, 11) is 1.81. The molecule has 1 aliphatic carbocycles. The van der Waals surface area contributed by atoms with E-state index in [1.54, 1.807) is 0 Å². The second kappa shape index (κ2) is 17.0. The maximum Gasteiger partial charge on any atom is 0.127 e. The maximum atomic E-state index is 6.25. The molecule has 0 aliphatic heterocycles. The summed E-state index contributed by atoms with van der Waals surface area (Å²) in [5.41, 5.74) is 13.3. The highest BCUT2D eigenvalue weighted by Crippen LogP contribution is 2.60. The molecule has 2 heteroatoms. The molecule has 0 radical (unpaired) electrons. The van der Waals surface area contributed by atoms with Crippen LogP contribution in [0.2, 0.25) is 0 Å². The maximum absolute atomic E-state index is 6.25. The highest BCUT2D eigenvalue weighted by atomic mass is 16.5. The second-order valence-electron chi connectivity index (χ2n) is 15.5. The lowest BCUT2D eigenvalue weighted by atomic mass is 9.67. The number of aryl methyl sites for hydroxylation is 2. The molecule has 0 fully saturated rings.